The maximum absolute atomic E-state index is 12.7. The predicted molar refractivity (Wildman–Crippen MR) is 99.1 cm³/mol. The van der Waals surface area contributed by atoms with Gasteiger partial charge < -0.3 is 14.8 Å². The van der Waals surface area contributed by atoms with Gasteiger partial charge in [0.25, 0.3) is 0 Å². The zero-order chi connectivity index (χ0) is 18.2. The first-order valence-electron chi connectivity index (χ1n) is 9.04. The van der Waals surface area contributed by atoms with Gasteiger partial charge >= 0.3 is 0 Å². The van der Waals surface area contributed by atoms with Gasteiger partial charge in [-0.3, -0.25) is 9.69 Å². The van der Waals surface area contributed by atoms with E-state index < -0.39 is 0 Å². The molecule has 138 valence electrons. The van der Waals surface area contributed by atoms with Crippen LogP contribution in [-0.2, 0) is 16.1 Å². The molecule has 1 atom stereocenters. The number of pyridine rings is 1. The van der Waals surface area contributed by atoms with Crippen molar-refractivity contribution in [3.05, 3.63) is 54.2 Å². The Morgan fingerprint density at radius 2 is 2.00 bits per heavy atom. The third-order valence-corrected chi connectivity index (χ3v) is 4.44. The predicted octanol–water partition coefficient (Wildman–Crippen LogP) is 2.60. The fourth-order valence-corrected chi connectivity index (χ4v) is 3.05. The molecule has 1 fully saturated rings. The summed E-state index contributed by atoms with van der Waals surface area (Å²) in [5.74, 6) is 1.26. The number of nitrogens with zero attached hydrogens (tertiary/aromatic N) is 2. The van der Waals surface area contributed by atoms with Gasteiger partial charge in [0, 0.05) is 31.4 Å². The molecule has 1 amide bonds. The molecule has 1 saturated heterocycles. The number of amides is 1. The van der Waals surface area contributed by atoms with E-state index in [0.717, 1.165) is 30.8 Å². The Morgan fingerprint density at radius 3 is 2.73 bits per heavy atom. The summed E-state index contributed by atoms with van der Waals surface area (Å²) >= 11 is 0. The highest BCUT2D eigenvalue weighted by Gasteiger charge is 2.25. The minimum atomic E-state index is -0.130. The zero-order valence-electron chi connectivity index (χ0n) is 15.1. The largest absolute Gasteiger partial charge is 0.439 e. The Morgan fingerprint density at radius 1 is 1.23 bits per heavy atom. The van der Waals surface area contributed by atoms with Crippen LogP contribution in [0.1, 0.15) is 18.9 Å². The third kappa shape index (κ3) is 4.80. The van der Waals surface area contributed by atoms with Crippen molar-refractivity contribution in [3.8, 4) is 11.6 Å². The Bertz CT molecular complexity index is 702. The second kappa shape index (κ2) is 9.31. The first kappa shape index (κ1) is 18.4. The Kier molecular flexibility index (Phi) is 6.57. The van der Waals surface area contributed by atoms with E-state index in [0.29, 0.717) is 25.6 Å². The second-order valence-electron chi connectivity index (χ2n) is 6.17. The highest BCUT2D eigenvalue weighted by atomic mass is 16.5. The molecule has 6 nitrogen and oxygen atoms in total. The molecule has 0 radical (unpaired) electrons. The normalized spacial score (nSPS) is 16.0. The topological polar surface area (TPSA) is 63.7 Å². The molecule has 26 heavy (non-hydrogen) atoms. The molecule has 1 aromatic carbocycles. The van der Waals surface area contributed by atoms with Crippen LogP contribution in [0.2, 0.25) is 0 Å². The van der Waals surface area contributed by atoms with E-state index in [-0.39, 0.29) is 11.9 Å². The van der Waals surface area contributed by atoms with Crippen molar-refractivity contribution < 1.29 is 14.3 Å². The number of nitrogens with one attached hydrogen (secondary N) is 1. The van der Waals surface area contributed by atoms with Crippen LogP contribution < -0.4 is 10.1 Å². The Hall–Kier alpha value is -2.44. The zero-order valence-corrected chi connectivity index (χ0v) is 15.1. The molecule has 0 unspecified atom stereocenters. The van der Waals surface area contributed by atoms with Crippen molar-refractivity contribution in [1.82, 2.24) is 15.2 Å². The molecule has 1 aliphatic heterocycles. The summed E-state index contributed by atoms with van der Waals surface area (Å²) in [6.07, 6.45) is 2.46. The highest BCUT2D eigenvalue weighted by molar-refractivity contribution is 5.81. The Labute approximate surface area is 154 Å². The van der Waals surface area contributed by atoms with E-state index >= 15 is 0 Å². The number of ether oxygens (including phenoxy) is 2. The third-order valence-electron chi connectivity index (χ3n) is 4.44. The quantitative estimate of drug-likeness (QED) is 0.827. The van der Waals surface area contributed by atoms with Crippen molar-refractivity contribution in [2.45, 2.75) is 25.9 Å². The summed E-state index contributed by atoms with van der Waals surface area (Å²) in [4.78, 5) is 19.2. The van der Waals surface area contributed by atoms with Gasteiger partial charge in [0.05, 0.1) is 19.3 Å². The van der Waals surface area contributed by atoms with Crippen molar-refractivity contribution in [1.29, 1.82) is 0 Å². The lowest BCUT2D eigenvalue weighted by molar-refractivity contribution is -0.128. The number of para-hydroxylation sites is 1. The molecule has 0 saturated carbocycles. The van der Waals surface area contributed by atoms with Crippen molar-refractivity contribution in [2.24, 2.45) is 0 Å². The lowest BCUT2D eigenvalue weighted by atomic mass is 10.1. The number of morpholine rings is 1. The van der Waals surface area contributed by atoms with E-state index in [1.54, 1.807) is 6.20 Å². The van der Waals surface area contributed by atoms with Crippen molar-refractivity contribution in [3.63, 3.8) is 0 Å². The van der Waals surface area contributed by atoms with Gasteiger partial charge in [0.1, 0.15) is 5.75 Å². The van der Waals surface area contributed by atoms with E-state index in [9.17, 15) is 4.79 Å². The molecule has 2 heterocycles. The van der Waals surface area contributed by atoms with Crippen LogP contribution in [-0.4, -0.2) is 48.1 Å². The van der Waals surface area contributed by atoms with E-state index in [1.807, 2.05) is 49.4 Å². The van der Waals surface area contributed by atoms with Gasteiger partial charge in [-0.25, -0.2) is 4.98 Å². The highest BCUT2D eigenvalue weighted by Crippen LogP contribution is 2.22. The monoisotopic (exact) mass is 355 g/mol. The second-order valence-corrected chi connectivity index (χ2v) is 6.17. The SMILES string of the molecule is CC[C@@H](C(=O)NCc1cccnc1Oc1ccccc1)N1CCOCC1. The standard InChI is InChI=1S/C20H25N3O3/c1-2-18(23-11-13-25-14-12-23)19(24)22-15-16-7-6-10-21-20(16)26-17-8-4-3-5-9-17/h3-10,18H,2,11-15H2,1H3,(H,22,24)/t18-/m0/s1. The first-order valence-corrected chi connectivity index (χ1v) is 9.04. The van der Waals surface area contributed by atoms with Gasteiger partial charge in [-0.1, -0.05) is 31.2 Å². The summed E-state index contributed by atoms with van der Waals surface area (Å²) in [5, 5.41) is 3.03. The van der Waals surface area contributed by atoms with Crippen LogP contribution in [0.4, 0.5) is 0 Å². The minimum absolute atomic E-state index is 0.0314. The average molecular weight is 355 g/mol. The molecular formula is C20H25N3O3. The van der Waals surface area contributed by atoms with Crippen LogP contribution in [0.25, 0.3) is 0 Å². The van der Waals surface area contributed by atoms with Crippen LogP contribution >= 0.6 is 0 Å². The summed E-state index contributed by atoms with van der Waals surface area (Å²) in [5.41, 5.74) is 0.849. The summed E-state index contributed by atoms with van der Waals surface area (Å²) < 4.78 is 11.2. The molecule has 3 rings (SSSR count). The molecule has 2 aromatic rings. The van der Waals surface area contributed by atoms with Crippen molar-refractivity contribution >= 4 is 5.91 Å². The molecule has 1 aromatic heterocycles. The first-order chi connectivity index (χ1) is 12.8. The number of benzene rings is 1. The lowest BCUT2D eigenvalue weighted by Crippen LogP contribution is -2.50. The van der Waals surface area contributed by atoms with E-state index in [4.69, 9.17) is 9.47 Å². The van der Waals surface area contributed by atoms with Crippen LogP contribution in [0.15, 0.2) is 48.7 Å². The molecule has 1 aliphatic rings. The van der Waals surface area contributed by atoms with Crippen LogP contribution in [0.5, 0.6) is 11.6 Å². The lowest BCUT2D eigenvalue weighted by Gasteiger charge is -2.33. The Balaban J connectivity index is 1.62. The number of carbonyl (C=O) groups is 1. The molecule has 6 heteroatoms. The van der Waals surface area contributed by atoms with Crippen LogP contribution in [0, 0.1) is 0 Å². The molecule has 0 spiro atoms. The number of carbonyl (C=O) groups excluding carboxylic acids is 1. The van der Waals surface area contributed by atoms with Gasteiger partial charge in [-0.2, -0.15) is 0 Å². The van der Waals surface area contributed by atoms with E-state index in [2.05, 4.69) is 15.2 Å². The fraction of sp³-hybridized carbons (Fsp3) is 0.400. The fourth-order valence-electron chi connectivity index (χ4n) is 3.05. The minimum Gasteiger partial charge on any atom is -0.439 e. The summed E-state index contributed by atoms with van der Waals surface area (Å²) in [7, 11) is 0. The van der Waals surface area contributed by atoms with E-state index in [1.165, 1.54) is 0 Å². The number of rotatable bonds is 7. The van der Waals surface area contributed by atoms with Crippen molar-refractivity contribution in [2.75, 3.05) is 26.3 Å². The molecule has 1 N–H and O–H groups in total. The maximum atomic E-state index is 12.7. The van der Waals surface area contributed by atoms with Gasteiger partial charge in [-0.15, -0.1) is 0 Å². The molecule has 0 aliphatic carbocycles. The average Bonchev–Trinajstić information content (AvgIpc) is 2.69. The van der Waals surface area contributed by atoms with Crippen LogP contribution in [0.3, 0.4) is 0 Å². The number of hydrogen-bond acceptors (Lipinski definition) is 5. The summed E-state index contributed by atoms with van der Waals surface area (Å²) in [6, 6.07) is 13.1. The molecule has 0 bridgehead atoms. The number of aromatic nitrogens is 1. The van der Waals surface area contributed by atoms with Gasteiger partial charge in [0.2, 0.25) is 11.8 Å². The van der Waals surface area contributed by atoms with Gasteiger partial charge in [-0.05, 0) is 24.6 Å². The molecular weight excluding hydrogens is 330 g/mol. The number of hydrogen-bond donors (Lipinski definition) is 1. The summed E-state index contributed by atoms with van der Waals surface area (Å²) in [6.45, 7) is 5.37. The maximum Gasteiger partial charge on any atom is 0.237 e. The smallest absolute Gasteiger partial charge is 0.237 e. The van der Waals surface area contributed by atoms with Gasteiger partial charge in [0.15, 0.2) is 0 Å².